The number of rotatable bonds is 0. The number of halogens is 3. The standard InChI is InChI=1S/C9H9F2NO.ClH/c10-5-3-6(11)9-7(12)1-2-13-8(9)4-5;/h3-4,7H,1-2,12H2;1H. The Balaban J connectivity index is 0.000000980. The zero-order valence-electron chi connectivity index (χ0n) is 7.30. The Morgan fingerprint density at radius 3 is 2.79 bits per heavy atom. The summed E-state index contributed by atoms with van der Waals surface area (Å²) < 4.78 is 31.0. The second kappa shape index (κ2) is 4.11. The Labute approximate surface area is 86.5 Å². The van der Waals surface area contributed by atoms with Crippen LogP contribution in [0.3, 0.4) is 0 Å². The van der Waals surface area contributed by atoms with Gasteiger partial charge >= 0.3 is 0 Å². The van der Waals surface area contributed by atoms with Crippen molar-refractivity contribution in [2.45, 2.75) is 12.5 Å². The molecular formula is C9H10ClF2NO. The van der Waals surface area contributed by atoms with Crippen molar-refractivity contribution in [3.63, 3.8) is 0 Å². The van der Waals surface area contributed by atoms with E-state index in [1.54, 1.807) is 0 Å². The van der Waals surface area contributed by atoms with Crippen molar-refractivity contribution < 1.29 is 13.5 Å². The molecule has 1 aliphatic rings. The third-order valence-corrected chi connectivity index (χ3v) is 2.11. The van der Waals surface area contributed by atoms with Crippen LogP contribution in [0.4, 0.5) is 8.78 Å². The quantitative estimate of drug-likeness (QED) is 0.729. The predicted octanol–water partition coefficient (Wildman–Crippen LogP) is 2.17. The Morgan fingerprint density at radius 1 is 1.36 bits per heavy atom. The number of benzene rings is 1. The van der Waals surface area contributed by atoms with Crippen molar-refractivity contribution in [2.24, 2.45) is 5.73 Å². The van der Waals surface area contributed by atoms with E-state index < -0.39 is 11.6 Å². The molecule has 0 bridgehead atoms. The van der Waals surface area contributed by atoms with Gasteiger partial charge in [-0.2, -0.15) is 0 Å². The molecule has 1 unspecified atom stereocenters. The van der Waals surface area contributed by atoms with Crippen molar-refractivity contribution in [1.82, 2.24) is 0 Å². The first-order chi connectivity index (χ1) is 6.18. The molecular weight excluding hydrogens is 212 g/mol. The van der Waals surface area contributed by atoms with Crippen LogP contribution >= 0.6 is 12.4 Å². The molecule has 0 spiro atoms. The van der Waals surface area contributed by atoms with Crippen molar-refractivity contribution in [2.75, 3.05) is 6.61 Å². The van der Waals surface area contributed by atoms with E-state index in [0.29, 0.717) is 13.0 Å². The van der Waals surface area contributed by atoms with Crippen LogP contribution in [0.15, 0.2) is 12.1 Å². The van der Waals surface area contributed by atoms with Crippen LogP contribution in [0.2, 0.25) is 0 Å². The van der Waals surface area contributed by atoms with Crippen molar-refractivity contribution in [3.8, 4) is 5.75 Å². The van der Waals surface area contributed by atoms with Crippen LogP contribution in [-0.2, 0) is 0 Å². The Kier molecular flexibility index (Phi) is 3.29. The zero-order chi connectivity index (χ0) is 9.42. The molecule has 0 amide bonds. The molecule has 1 aromatic rings. The van der Waals surface area contributed by atoms with Crippen molar-refractivity contribution in [1.29, 1.82) is 0 Å². The first kappa shape index (κ1) is 11.2. The first-order valence-electron chi connectivity index (χ1n) is 4.06. The Hall–Kier alpha value is -0.870. The van der Waals surface area contributed by atoms with E-state index in [0.717, 1.165) is 12.1 Å². The lowest BCUT2D eigenvalue weighted by atomic mass is 10.0. The van der Waals surface area contributed by atoms with Crippen molar-refractivity contribution >= 4 is 12.4 Å². The highest BCUT2D eigenvalue weighted by atomic mass is 35.5. The summed E-state index contributed by atoms with van der Waals surface area (Å²) in [4.78, 5) is 0. The summed E-state index contributed by atoms with van der Waals surface area (Å²) in [6.45, 7) is 0.414. The molecule has 78 valence electrons. The van der Waals surface area contributed by atoms with Gasteiger partial charge in [-0.15, -0.1) is 12.4 Å². The lowest BCUT2D eigenvalue weighted by Gasteiger charge is -2.23. The first-order valence-corrected chi connectivity index (χ1v) is 4.06. The Bertz CT molecular complexity index is 346. The molecule has 0 saturated carbocycles. The van der Waals surface area contributed by atoms with Crippen LogP contribution in [0.5, 0.6) is 5.75 Å². The molecule has 5 heteroatoms. The number of hydrogen-bond donors (Lipinski definition) is 1. The predicted molar refractivity (Wildman–Crippen MR) is 50.6 cm³/mol. The maximum atomic E-state index is 13.2. The van der Waals surface area contributed by atoms with E-state index in [2.05, 4.69) is 0 Å². The highest BCUT2D eigenvalue weighted by molar-refractivity contribution is 5.85. The van der Waals surface area contributed by atoms with Gasteiger partial charge in [0, 0.05) is 30.2 Å². The van der Waals surface area contributed by atoms with Gasteiger partial charge in [-0.3, -0.25) is 0 Å². The third kappa shape index (κ3) is 1.81. The monoisotopic (exact) mass is 221 g/mol. The smallest absolute Gasteiger partial charge is 0.134 e. The summed E-state index contributed by atoms with van der Waals surface area (Å²) in [7, 11) is 0. The second-order valence-corrected chi connectivity index (χ2v) is 3.04. The summed E-state index contributed by atoms with van der Waals surface area (Å²) in [5, 5.41) is 0. The largest absolute Gasteiger partial charge is 0.493 e. The fourth-order valence-electron chi connectivity index (χ4n) is 1.48. The van der Waals surface area contributed by atoms with Gasteiger partial charge in [-0.1, -0.05) is 0 Å². The van der Waals surface area contributed by atoms with Gasteiger partial charge in [0.1, 0.15) is 17.4 Å². The second-order valence-electron chi connectivity index (χ2n) is 3.04. The summed E-state index contributed by atoms with van der Waals surface area (Å²) in [6.07, 6.45) is 0.565. The summed E-state index contributed by atoms with van der Waals surface area (Å²) >= 11 is 0. The molecule has 14 heavy (non-hydrogen) atoms. The third-order valence-electron chi connectivity index (χ3n) is 2.11. The van der Waals surface area contributed by atoms with Crippen LogP contribution in [0, 0.1) is 11.6 Å². The number of hydrogen-bond acceptors (Lipinski definition) is 2. The minimum atomic E-state index is -0.634. The Morgan fingerprint density at radius 2 is 2.07 bits per heavy atom. The van der Waals surface area contributed by atoms with E-state index in [4.69, 9.17) is 10.5 Å². The van der Waals surface area contributed by atoms with Gasteiger partial charge < -0.3 is 10.5 Å². The van der Waals surface area contributed by atoms with Gasteiger partial charge in [-0.25, -0.2) is 8.78 Å². The fraction of sp³-hybridized carbons (Fsp3) is 0.333. The van der Waals surface area contributed by atoms with Gasteiger partial charge in [-0.05, 0) is 0 Å². The molecule has 1 aromatic carbocycles. The topological polar surface area (TPSA) is 35.2 Å². The van der Waals surface area contributed by atoms with E-state index in [9.17, 15) is 8.78 Å². The van der Waals surface area contributed by atoms with E-state index >= 15 is 0 Å². The molecule has 2 nitrogen and oxygen atoms in total. The average Bonchev–Trinajstić information content (AvgIpc) is 2.02. The molecule has 0 radical (unpaired) electrons. The summed E-state index contributed by atoms with van der Waals surface area (Å²) in [5.41, 5.74) is 5.94. The van der Waals surface area contributed by atoms with Crippen molar-refractivity contribution in [3.05, 3.63) is 29.3 Å². The lowest BCUT2D eigenvalue weighted by molar-refractivity contribution is 0.262. The van der Waals surface area contributed by atoms with Crippen LogP contribution < -0.4 is 10.5 Å². The highest BCUT2D eigenvalue weighted by Gasteiger charge is 2.22. The van der Waals surface area contributed by atoms with E-state index in [1.165, 1.54) is 0 Å². The van der Waals surface area contributed by atoms with Gasteiger partial charge in [0.05, 0.1) is 6.61 Å². The zero-order valence-corrected chi connectivity index (χ0v) is 8.11. The van der Waals surface area contributed by atoms with Gasteiger partial charge in [0.25, 0.3) is 0 Å². The summed E-state index contributed by atoms with van der Waals surface area (Å²) in [5.74, 6) is -1.02. The number of nitrogens with two attached hydrogens (primary N) is 1. The average molecular weight is 222 g/mol. The minimum Gasteiger partial charge on any atom is -0.493 e. The molecule has 2 rings (SSSR count). The van der Waals surface area contributed by atoms with E-state index in [1.807, 2.05) is 0 Å². The minimum absolute atomic E-state index is 0. The van der Waals surface area contributed by atoms with E-state index in [-0.39, 0.29) is 29.8 Å². The molecule has 2 N–H and O–H groups in total. The van der Waals surface area contributed by atoms with Crippen LogP contribution in [-0.4, -0.2) is 6.61 Å². The fourth-order valence-corrected chi connectivity index (χ4v) is 1.48. The number of ether oxygens (including phenoxy) is 1. The molecule has 0 aromatic heterocycles. The molecule has 0 fully saturated rings. The molecule has 0 saturated heterocycles. The maximum absolute atomic E-state index is 13.2. The molecule has 1 heterocycles. The van der Waals surface area contributed by atoms with Crippen LogP contribution in [0.25, 0.3) is 0 Å². The molecule has 1 aliphatic heterocycles. The SMILES string of the molecule is Cl.NC1CCOc2cc(F)cc(F)c21. The maximum Gasteiger partial charge on any atom is 0.134 e. The lowest BCUT2D eigenvalue weighted by Crippen LogP contribution is -2.22. The highest BCUT2D eigenvalue weighted by Crippen LogP contribution is 2.33. The molecule has 1 atom stereocenters. The molecule has 0 aliphatic carbocycles. The number of fused-ring (bicyclic) bond motifs is 1. The van der Waals surface area contributed by atoms with Gasteiger partial charge in [0.2, 0.25) is 0 Å². The van der Waals surface area contributed by atoms with Crippen LogP contribution in [0.1, 0.15) is 18.0 Å². The summed E-state index contributed by atoms with van der Waals surface area (Å²) in [6, 6.07) is 1.61. The van der Waals surface area contributed by atoms with Gasteiger partial charge in [0.15, 0.2) is 0 Å². The normalized spacial score (nSPS) is 19.2.